The minimum absolute atomic E-state index is 0.663. The molecule has 0 aliphatic heterocycles. The molecular weight excluding hydrogens is 260 g/mol. The van der Waals surface area contributed by atoms with Crippen molar-refractivity contribution in [1.82, 2.24) is 15.1 Å². The molecule has 1 aromatic heterocycles. The van der Waals surface area contributed by atoms with Gasteiger partial charge in [0.25, 0.3) is 0 Å². The highest BCUT2D eigenvalue weighted by Gasteiger charge is 2.09. The predicted molar refractivity (Wildman–Crippen MR) is 74.7 cm³/mol. The van der Waals surface area contributed by atoms with Crippen molar-refractivity contribution >= 4 is 11.6 Å². The van der Waals surface area contributed by atoms with Gasteiger partial charge in [-0.25, -0.2) is 0 Å². The lowest BCUT2D eigenvalue weighted by Crippen LogP contribution is -2.15. The number of aryl methyl sites for hydroxylation is 2. The zero-order valence-electron chi connectivity index (χ0n) is 10.9. The molecule has 1 N–H and O–H groups in total. The molecule has 0 saturated carbocycles. The molecule has 0 bridgehead atoms. The first-order valence-corrected chi connectivity index (χ1v) is 6.37. The maximum Gasteiger partial charge on any atom is 0.0991 e. The third-order valence-corrected chi connectivity index (χ3v) is 3.46. The minimum atomic E-state index is 0.663. The molecule has 4 nitrogen and oxygen atoms in total. The molecular formula is C14H15ClN4. The SMILES string of the molecule is Cc1nn(C)c(CNCc2ccc(C#N)cc2)c1Cl. The fourth-order valence-corrected chi connectivity index (χ4v) is 2.12. The monoisotopic (exact) mass is 274 g/mol. The molecule has 0 aliphatic carbocycles. The van der Waals surface area contributed by atoms with Crippen molar-refractivity contribution in [3.8, 4) is 6.07 Å². The van der Waals surface area contributed by atoms with E-state index in [1.54, 1.807) is 4.68 Å². The van der Waals surface area contributed by atoms with Gasteiger partial charge in [-0.15, -0.1) is 0 Å². The van der Waals surface area contributed by atoms with Gasteiger partial charge in [-0.1, -0.05) is 23.7 Å². The summed E-state index contributed by atoms with van der Waals surface area (Å²) in [5.74, 6) is 0. The van der Waals surface area contributed by atoms with Crippen LogP contribution < -0.4 is 5.32 Å². The lowest BCUT2D eigenvalue weighted by molar-refractivity contribution is 0.625. The summed E-state index contributed by atoms with van der Waals surface area (Å²) in [5, 5.41) is 17.0. The van der Waals surface area contributed by atoms with Crippen molar-refractivity contribution in [2.24, 2.45) is 7.05 Å². The summed E-state index contributed by atoms with van der Waals surface area (Å²) in [6, 6.07) is 9.63. The number of nitrogens with one attached hydrogen (secondary N) is 1. The average molecular weight is 275 g/mol. The molecule has 5 heteroatoms. The molecule has 0 amide bonds. The first-order valence-electron chi connectivity index (χ1n) is 5.99. The molecule has 2 aromatic rings. The van der Waals surface area contributed by atoms with Gasteiger partial charge in [-0.05, 0) is 24.6 Å². The lowest BCUT2D eigenvalue weighted by Gasteiger charge is -2.06. The average Bonchev–Trinajstić information content (AvgIpc) is 2.66. The third kappa shape index (κ3) is 3.14. The Morgan fingerprint density at radius 3 is 2.53 bits per heavy atom. The number of hydrogen-bond acceptors (Lipinski definition) is 3. The second kappa shape index (κ2) is 5.87. The van der Waals surface area contributed by atoms with E-state index in [0.717, 1.165) is 28.5 Å². The van der Waals surface area contributed by atoms with E-state index in [-0.39, 0.29) is 0 Å². The van der Waals surface area contributed by atoms with E-state index in [9.17, 15) is 0 Å². The molecule has 19 heavy (non-hydrogen) atoms. The molecule has 2 rings (SSSR count). The van der Waals surface area contributed by atoms with Crippen molar-refractivity contribution in [3.05, 3.63) is 51.8 Å². The quantitative estimate of drug-likeness (QED) is 0.932. The highest BCUT2D eigenvalue weighted by atomic mass is 35.5. The fourth-order valence-electron chi connectivity index (χ4n) is 1.89. The van der Waals surface area contributed by atoms with Crippen LogP contribution in [0.1, 0.15) is 22.5 Å². The van der Waals surface area contributed by atoms with Crippen molar-refractivity contribution in [2.75, 3.05) is 0 Å². The molecule has 1 aromatic carbocycles. The van der Waals surface area contributed by atoms with E-state index in [1.165, 1.54) is 0 Å². The number of nitriles is 1. The number of nitrogens with zero attached hydrogens (tertiary/aromatic N) is 3. The maximum atomic E-state index is 8.73. The minimum Gasteiger partial charge on any atom is -0.307 e. The van der Waals surface area contributed by atoms with Crippen LogP contribution in [-0.4, -0.2) is 9.78 Å². The van der Waals surface area contributed by atoms with Gasteiger partial charge >= 0.3 is 0 Å². The van der Waals surface area contributed by atoms with Gasteiger partial charge in [0.05, 0.1) is 28.0 Å². The molecule has 0 spiro atoms. The Labute approximate surface area is 117 Å². The zero-order valence-corrected chi connectivity index (χ0v) is 11.7. The third-order valence-electron chi connectivity index (χ3n) is 2.97. The summed E-state index contributed by atoms with van der Waals surface area (Å²) in [7, 11) is 1.89. The zero-order chi connectivity index (χ0) is 13.8. The van der Waals surface area contributed by atoms with E-state index in [2.05, 4.69) is 16.5 Å². The van der Waals surface area contributed by atoms with E-state index >= 15 is 0 Å². The second-order valence-electron chi connectivity index (χ2n) is 4.38. The summed E-state index contributed by atoms with van der Waals surface area (Å²) in [5.41, 5.74) is 3.63. The van der Waals surface area contributed by atoms with Crippen molar-refractivity contribution in [3.63, 3.8) is 0 Å². The van der Waals surface area contributed by atoms with Gasteiger partial charge in [0.2, 0.25) is 0 Å². The van der Waals surface area contributed by atoms with Crippen LogP contribution >= 0.6 is 11.6 Å². The molecule has 0 atom stereocenters. The van der Waals surface area contributed by atoms with Gasteiger partial charge in [-0.2, -0.15) is 10.4 Å². The molecule has 0 unspecified atom stereocenters. The Hall–Kier alpha value is -1.83. The van der Waals surface area contributed by atoms with Crippen LogP contribution in [0.2, 0.25) is 5.02 Å². The summed E-state index contributed by atoms with van der Waals surface area (Å²) < 4.78 is 1.80. The standard InChI is InChI=1S/C14H15ClN4/c1-10-14(15)13(19(2)18-10)9-17-8-12-5-3-11(7-16)4-6-12/h3-6,17H,8-9H2,1-2H3. The van der Waals surface area contributed by atoms with E-state index < -0.39 is 0 Å². The Morgan fingerprint density at radius 1 is 1.32 bits per heavy atom. The molecule has 0 fully saturated rings. The fraction of sp³-hybridized carbons (Fsp3) is 0.286. The number of hydrogen-bond donors (Lipinski definition) is 1. The first kappa shape index (κ1) is 13.6. The van der Waals surface area contributed by atoms with E-state index in [4.69, 9.17) is 16.9 Å². The molecule has 1 heterocycles. The van der Waals surface area contributed by atoms with Crippen LogP contribution in [0.3, 0.4) is 0 Å². The van der Waals surface area contributed by atoms with Gasteiger partial charge in [-0.3, -0.25) is 4.68 Å². The van der Waals surface area contributed by atoms with Crippen LogP contribution in [0.25, 0.3) is 0 Å². The number of rotatable bonds is 4. The highest BCUT2D eigenvalue weighted by molar-refractivity contribution is 6.31. The smallest absolute Gasteiger partial charge is 0.0991 e. The largest absolute Gasteiger partial charge is 0.307 e. The summed E-state index contributed by atoms with van der Waals surface area (Å²) in [4.78, 5) is 0. The molecule has 0 saturated heterocycles. The van der Waals surface area contributed by atoms with Crippen molar-refractivity contribution in [1.29, 1.82) is 5.26 Å². The summed E-state index contributed by atoms with van der Waals surface area (Å²) >= 11 is 6.18. The Balaban J connectivity index is 1.94. The molecule has 0 aliphatic rings. The van der Waals surface area contributed by atoms with Gasteiger partial charge in [0.15, 0.2) is 0 Å². The summed E-state index contributed by atoms with van der Waals surface area (Å²) in [6.45, 7) is 3.29. The summed E-state index contributed by atoms with van der Waals surface area (Å²) in [6.07, 6.45) is 0. The van der Waals surface area contributed by atoms with Gasteiger partial charge < -0.3 is 5.32 Å². The van der Waals surface area contributed by atoms with Crippen molar-refractivity contribution in [2.45, 2.75) is 20.0 Å². The van der Waals surface area contributed by atoms with Crippen LogP contribution in [0, 0.1) is 18.3 Å². The maximum absolute atomic E-state index is 8.73. The predicted octanol–water partition coefficient (Wildman–Crippen LogP) is 2.54. The molecule has 0 radical (unpaired) electrons. The first-order chi connectivity index (χ1) is 9.11. The van der Waals surface area contributed by atoms with E-state index in [0.29, 0.717) is 12.1 Å². The lowest BCUT2D eigenvalue weighted by atomic mass is 10.1. The topological polar surface area (TPSA) is 53.6 Å². The Kier molecular flexibility index (Phi) is 4.20. The van der Waals surface area contributed by atoms with Crippen LogP contribution in [0.15, 0.2) is 24.3 Å². The Bertz CT molecular complexity index is 608. The van der Waals surface area contributed by atoms with Gasteiger partial charge in [0.1, 0.15) is 0 Å². The van der Waals surface area contributed by atoms with Crippen LogP contribution in [0.5, 0.6) is 0 Å². The number of halogens is 1. The highest BCUT2D eigenvalue weighted by Crippen LogP contribution is 2.19. The number of aromatic nitrogens is 2. The Morgan fingerprint density at radius 2 is 2.00 bits per heavy atom. The normalized spacial score (nSPS) is 10.4. The van der Waals surface area contributed by atoms with Crippen LogP contribution in [-0.2, 0) is 20.1 Å². The van der Waals surface area contributed by atoms with Gasteiger partial charge in [0, 0.05) is 20.1 Å². The second-order valence-corrected chi connectivity index (χ2v) is 4.76. The molecule has 98 valence electrons. The number of benzene rings is 1. The van der Waals surface area contributed by atoms with E-state index in [1.807, 2.05) is 38.2 Å². The van der Waals surface area contributed by atoms with Crippen molar-refractivity contribution < 1.29 is 0 Å². The van der Waals surface area contributed by atoms with Crippen LogP contribution in [0.4, 0.5) is 0 Å².